The second-order valence-electron chi connectivity index (χ2n) is 5.40. The van der Waals surface area contributed by atoms with Crippen molar-refractivity contribution >= 4 is 16.3 Å². The molecule has 0 spiro atoms. The Labute approximate surface area is 117 Å². The predicted molar refractivity (Wildman–Crippen MR) is 77.1 cm³/mol. The van der Waals surface area contributed by atoms with Gasteiger partial charge in [0, 0.05) is 5.92 Å². The van der Waals surface area contributed by atoms with E-state index in [9.17, 15) is 0 Å². The number of aryl methyl sites for hydroxylation is 1. The maximum Gasteiger partial charge on any atom is 0.268 e. The van der Waals surface area contributed by atoms with E-state index in [1.165, 1.54) is 37.0 Å². The zero-order chi connectivity index (χ0) is 13.4. The summed E-state index contributed by atoms with van der Waals surface area (Å²) in [4.78, 5) is 5.58. The molecule has 2 aromatic heterocycles. The number of thiophene rings is 1. The average molecular weight is 277 g/mol. The number of hydrogen-bond donors (Lipinski definition) is 1. The third kappa shape index (κ3) is 2.39. The highest BCUT2D eigenvalue weighted by Gasteiger charge is 2.28. The monoisotopic (exact) mass is 277 g/mol. The summed E-state index contributed by atoms with van der Waals surface area (Å²) in [7, 11) is 0. The van der Waals surface area contributed by atoms with Gasteiger partial charge in [-0.2, -0.15) is 4.98 Å². The molecule has 0 amide bonds. The van der Waals surface area contributed by atoms with Crippen LogP contribution in [0.3, 0.4) is 0 Å². The van der Waals surface area contributed by atoms with Crippen LogP contribution in [-0.2, 0) is 0 Å². The van der Waals surface area contributed by atoms with Crippen LogP contribution in [0, 0.1) is 12.8 Å². The Balaban J connectivity index is 1.82. The molecular formula is C14H19N3OS. The molecule has 4 nitrogen and oxygen atoms in total. The van der Waals surface area contributed by atoms with Gasteiger partial charge >= 0.3 is 0 Å². The van der Waals surface area contributed by atoms with Crippen LogP contribution in [0.1, 0.15) is 49.9 Å². The summed E-state index contributed by atoms with van der Waals surface area (Å²) in [5.74, 6) is 2.79. The lowest BCUT2D eigenvalue weighted by Gasteiger charge is -2.04. The molecule has 19 heavy (non-hydrogen) atoms. The molecule has 1 saturated carbocycles. The van der Waals surface area contributed by atoms with Crippen molar-refractivity contribution in [3.63, 3.8) is 0 Å². The molecule has 2 N–H and O–H groups in total. The zero-order valence-corrected chi connectivity index (χ0v) is 12.2. The summed E-state index contributed by atoms with van der Waals surface area (Å²) in [5, 5.41) is 4.96. The Hall–Kier alpha value is -1.36. The predicted octanol–water partition coefficient (Wildman–Crippen LogP) is 3.98. The topological polar surface area (TPSA) is 64.9 Å². The summed E-state index contributed by atoms with van der Waals surface area (Å²) in [6, 6.07) is 1.95. The molecule has 2 atom stereocenters. The van der Waals surface area contributed by atoms with E-state index in [0.29, 0.717) is 11.8 Å². The van der Waals surface area contributed by atoms with Gasteiger partial charge in [0.2, 0.25) is 0 Å². The average Bonchev–Trinajstić information content (AvgIpc) is 3.07. The highest BCUT2D eigenvalue weighted by molar-refractivity contribution is 7.19. The molecule has 2 heterocycles. The Morgan fingerprint density at radius 3 is 2.95 bits per heavy atom. The number of hydrogen-bond acceptors (Lipinski definition) is 5. The van der Waals surface area contributed by atoms with E-state index in [0.717, 1.165) is 27.2 Å². The molecule has 1 aliphatic rings. The molecule has 102 valence electrons. The van der Waals surface area contributed by atoms with Crippen molar-refractivity contribution in [1.29, 1.82) is 0 Å². The second-order valence-corrected chi connectivity index (χ2v) is 6.49. The molecule has 1 fully saturated rings. The van der Waals surface area contributed by atoms with Crippen molar-refractivity contribution in [1.82, 2.24) is 10.1 Å². The lowest BCUT2D eigenvalue weighted by molar-refractivity contribution is 0.414. The van der Waals surface area contributed by atoms with Gasteiger partial charge in [0.25, 0.3) is 5.89 Å². The van der Waals surface area contributed by atoms with Gasteiger partial charge < -0.3 is 10.3 Å². The van der Waals surface area contributed by atoms with Crippen molar-refractivity contribution in [3.05, 3.63) is 17.5 Å². The van der Waals surface area contributed by atoms with Crippen LogP contribution in [0.4, 0.5) is 5.00 Å². The van der Waals surface area contributed by atoms with Crippen LogP contribution in [0.5, 0.6) is 0 Å². The number of anilines is 1. The molecule has 0 aliphatic heterocycles. The first-order valence-electron chi connectivity index (χ1n) is 6.87. The van der Waals surface area contributed by atoms with Crippen molar-refractivity contribution in [2.24, 2.45) is 5.92 Å². The van der Waals surface area contributed by atoms with Gasteiger partial charge in [-0.15, -0.1) is 11.3 Å². The maximum absolute atomic E-state index is 5.81. The fourth-order valence-electron chi connectivity index (χ4n) is 2.89. The van der Waals surface area contributed by atoms with E-state index in [-0.39, 0.29) is 0 Å². The van der Waals surface area contributed by atoms with Gasteiger partial charge in [0.05, 0.1) is 9.88 Å². The lowest BCUT2D eigenvalue weighted by atomic mass is 10.0. The third-order valence-corrected chi connectivity index (χ3v) is 5.11. The first kappa shape index (κ1) is 12.7. The van der Waals surface area contributed by atoms with Gasteiger partial charge in [-0.25, -0.2) is 0 Å². The summed E-state index contributed by atoms with van der Waals surface area (Å²) in [6.07, 6.45) is 4.92. The van der Waals surface area contributed by atoms with Crippen molar-refractivity contribution < 1.29 is 4.52 Å². The molecule has 0 saturated heterocycles. The molecule has 1 aliphatic carbocycles. The minimum Gasteiger partial charge on any atom is -0.391 e. The number of rotatable bonds is 3. The molecular weight excluding hydrogens is 258 g/mol. The molecule has 3 rings (SSSR count). The first-order chi connectivity index (χ1) is 9.17. The molecule has 0 aromatic carbocycles. The van der Waals surface area contributed by atoms with Gasteiger partial charge in [0.15, 0.2) is 5.82 Å². The van der Waals surface area contributed by atoms with Crippen molar-refractivity contribution in [2.75, 3.05) is 5.73 Å². The van der Waals surface area contributed by atoms with E-state index >= 15 is 0 Å². The minimum atomic E-state index is 0.472. The van der Waals surface area contributed by atoms with Crippen molar-refractivity contribution in [3.8, 4) is 10.8 Å². The van der Waals surface area contributed by atoms with Crippen LogP contribution in [-0.4, -0.2) is 10.1 Å². The van der Waals surface area contributed by atoms with Crippen molar-refractivity contribution in [2.45, 2.75) is 45.4 Å². The van der Waals surface area contributed by atoms with E-state index < -0.39 is 0 Å². The molecule has 0 radical (unpaired) electrons. The summed E-state index contributed by atoms with van der Waals surface area (Å²) in [6.45, 7) is 4.28. The van der Waals surface area contributed by atoms with Gasteiger partial charge in [-0.1, -0.05) is 18.5 Å². The van der Waals surface area contributed by atoms with Crippen LogP contribution < -0.4 is 5.73 Å². The number of aromatic nitrogens is 2. The summed E-state index contributed by atoms with van der Waals surface area (Å²) in [5.41, 5.74) is 6.92. The standard InChI is InChI=1S/C14H19N3OS/c1-3-9-4-5-10(7-9)13-16-14(18-17-13)12-8(2)6-11(15)19-12/h6,9-10H,3-5,7,15H2,1-2H3. The molecule has 2 aromatic rings. The van der Waals surface area contributed by atoms with E-state index in [2.05, 4.69) is 17.1 Å². The fraction of sp³-hybridized carbons (Fsp3) is 0.571. The number of nitrogens with zero attached hydrogens (tertiary/aromatic N) is 2. The smallest absolute Gasteiger partial charge is 0.268 e. The number of nitrogens with two attached hydrogens (primary N) is 1. The van der Waals surface area contributed by atoms with Crippen LogP contribution in [0.25, 0.3) is 10.8 Å². The SMILES string of the molecule is CCC1CCC(c2noc(-c3sc(N)cc3C)n2)C1. The normalized spacial score (nSPS) is 23.1. The highest BCUT2D eigenvalue weighted by Crippen LogP contribution is 2.40. The molecule has 2 unspecified atom stereocenters. The fourth-order valence-corrected chi connectivity index (χ4v) is 3.75. The van der Waals surface area contributed by atoms with E-state index in [4.69, 9.17) is 10.3 Å². The second kappa shape index (κ2) is 4.96. The summed E-state index contributed by atoms with van der Waals surface area (Å²) >= 11 is 1.51. The largest absolute Gasteiger partial charge is 0.391 e. The number of nitrogen functional groups attached to an aromatic ring is 1. The lowest BCUT2D eigenvalue weighted by Crippen LogP contribution is -1.97. The Morgan fingerprint density at radius 2 is 2.32 bits per heavy atom. The summed E-state index contributed by atoms with van der Waals surface area (Å²) < 4.78 is 5.42. The van der Waals surface area contributed by atoms with Crippen LogP contribution in [0.2, 0.25) is 0 Å². The van der Waals surface area contributed by atoms with Gasteiger partial charge in [0.1, 0.15) is 0 Å². The van der Waals surface area contributed by atoms with Crippen LogP contribution >= 0.6 is 11.3 Å². The third-order valence-electron chi connectivity index (χ3n) is 4.06. The maximum atomic E-state index is 5.81. The van der Waals surface area contributed by atoms with Gasteiger partial charge in [-0.05, 0) is 43.7 Å². The Kier molecular flexibility index (Phi) is 3.31. The van der Waals surface area contributed by atoms with Crippen LogP contribution in [0.15, 0.2) is 10.6 Å². The van der Waals surface area contributed by atoms with Gasteiger partial charge in [-0.3, -0.25) is 0 Å². The van der Waals surface area contributed by atoms with E-state index in [1.807, 2.05) is 13.0 Å². The molecule has 5 heteroatoms. The quantitative estimate of drug-likeness (QED) is 0.921. The Morgan fingerprint density at radius 1 is 1.47 bits per heavy atom. The van der Waals surface area contributed by atoms with E-state index in [1.54, 1.807) is 0 Å². The highest BCUT2D eigenvalue weighted by atomic mass is 32.1. The first-order valence-corrected chi connectivity index (χ1v) is 7.69. The molecule has 0 bridgehead atoms. The Bertz CT molecular complexity index is 575. The zero-order valence-electron chi connectivity index (χ0n) is 11.3. The minimum absolute atomic E-state index is 0.472.